The molecule has 9 aromatic rings. The second kappa shape index (κ2) is 11.8. The van der Waals surface area contributed by atoms with Gasteiger partial charge in [-0.2, -0.15) is 0 Å². The van der Waals surface area contributed by atoms with E-state index in [0.717, 1.165) is 17.1 Å². The highest BCUT2D eigenvalue weighted by Gasteiger charge is 2.36. The SMILES string of the molecule is CC1(C)c2ccccc2-c2ccc3cc(-c4cc5ccccc5cc4N(c4ccccc4)c4ccc(-c5ccc6ccccc6c5)cc4)ccc3c21. The van der Waals surface area contributed by atoms with Crippen LogP contribution in [0.5, 0.6) is 0 Å². The van der Waals surface area contributed by atoms with Gasteiger partial charge in [-0.25, -0.2) is 0 Å². The van der Waals surface area contributed by atoms with Crippen LogP contribution in [0.15, 0.2) is 188 Å². The van der Waals surface area contributed by atoms with E-state index < -0.39 is 0 Å². The van der Waals surface area contributed by atoms with Crippen LogP contribution in [0.1, 0.15) is 25.0 Å². The lowest BCUT2D eigenvalue weighted by Crippen LogP contribution is -2.15. The maximum absolute atomic E-state index is 2.42. The van der Waals surface area contributed by atoms with E-state index in [1.807, 2.05) is 0 Å². The highest BCUT2D eigenvalue weighted by molar-refractivity contribution is 6.03. The van der Waals surface area contributed by atoms with Crippen molar-refractivity contribution in [2.75, 3.05) is 4.90 Å². The summed E-state index contributed by atoms with van der Waals surface area (Å²) in [5, 5.41) is 7.55. The zero-order chi connectivity index (χ0) is 34.8. The smallest absolute Gasteiger partial charge is 0.0546 e. The van der Waals surface area contributed by atoms with Crippen molar-refractivity contribution in [3.05, 3.63) is 199 Å². The molecule has 1 aliphatic carbocycles. The Hall–Kier alpha value is -6.44. The van der Waals surface area contributed by atoms with E-state index in [4.69, 9.17) is 0 Å². The Labute approximate surface area is 305 Å². The molecule has 0 radical (unpaired) electrons. The van der Waals surface area contributed by atoms with Crippen LogP contribution in [0.2, 0.25) is 0 Å². The first-order chi connectivity index (χ1) is 25.5. The third-order valence-corrected chi connectivity index (χ3v) is 11.2. The van der Waals surface area contributed by atoms with Gasteiger partial charge in [0.1, 0.15) is 0 Å². The van der Waals surface area contributed by atoms with Crippen molar-refractivity contribution in [2.45, 2.75) is 19.3 Å². The summed E-state index contributed by atoms with van der Waals surface area (Å²) in [6, 6.07) is 69.2. The maximum Gasteiger partial charge on any atom is 0.0546 e. The summed E-state index contributed by atoms with van der Waals surface area (Å²) in [6.45, 7) is 4.74. The molecule has 0 atom stereocenters. The van der Waals surface area contributed by atoms with E-state index in [9.17, 15) is 0 Å². The topological polar surface area (TPSA) is 3.24 Å². The van der Waals surface area contributed by atoms with E-state index in [-0.39, 0.29) is 5.41 Å². The molecule has 0 saturated carbocycles. The molecule has 0 amide bonds. The van der Waals surface area contributed by atoms with Crippen LogP contribution in [0.25, 0.3) is 65.7 Å². The molecule has 1 aliphatic rings. The van der Waals surface area contributed by atoms with Gasteiger partial charge in [-0.3, -0.25) is 0 Å². The minimum atomic E-state index is -0.0653. The van der Waals surface area contributed by atoms with Crippen molar-refractivity contribution < 1.29 is 0 Å². The van der Waals surface area contributed by atoms with Gasteiger partial charge in [0, 0.05) is 22.4 Å². The largest absolute Gasteiger partial charge is 0.310 e. The summed E-state index contributed by atoms with van der Waals surface area (Å²) in [5.41, 5.74) is 13.7. The molecule has 52 heavy (non-hydrogen) atoms. The van der Waals surface area contributed by atoms with Crippen molar-refractivity contribution in [1.29, 1.82) is 0 Å². The number of benzene rings is 9. The molecule has 0 unspecified atom stereocenters. The summed E-state index contributed by atoms with van der Waals surface area (Å²) in [7, 11) is 0. The van der Waals surface area contributed by atoms with Gasteiger partial charge in [-0.05, 0) is 120 Å². The van der Waals surface area contributed by atoms with Gasteiger partial charge < -0.3 is 4.90 Å². The lowest BCUT2D eigenvalue weighted by Gasteiger charge is -2.29. The Bertz CT molecular complexity index is 2810. The lowest BCUT2D eigenvalue weighted by atomic mass is 9.80. The number of rotatable bonds is 5. The van der Waals surface area contributed by atoms with E-state index >= 15 is 0 Å². The van der Waals surface area contributed by atoms with Gasteiger partial charge in [0.25, 0.3) is 0 Å². The maximum atomic E-state index is 2.42. The van der Waals surface area contributed by atoms with E-state index in [1.54, 1.807) is 0 Å². The lowest BCUT2D eigenvalue weighted by molar-refractivity contribution is 0.666. The van der Waals surface area contributed by atoms with Crippen molar-refractivity contribution in [1.82, 2.24) is 0 Å². The minimum absolute atomic E-state index is 0.0653. The summed E-state index contributed by atoms with van der Waals surface area (Å²) < 4.78 is 0. The average molecular weight is 664 g/mol. The fourth-order valence-corrected chi connectivity index (χ4v) is 8.61. The van der Waals surface area contributed by atoms with E-state index in [1.165, 1.54) is 76.8 Å². The van der Waals surface area contributed by atoms with Gasteiger partial charge in [-0.15, -0.1) is 0 Å². The van der Waals surface area contributed by atoms with Crippen LogP contribution in [0.3, 0.4) is 0 Å². The molecule has 0 saturated heterocycles. The molecule has 0 fully saturated rings. The van der Waals surface area contributed by atoms with Crippen molar-refractivity contribution in [2.24, 2.45) is 0 Å². The Balaban J connectivity index is 1.14. The van der Waals surface area contributed by atoms with Crippen LogP contribution in [0.4, 0.5) is 17.1 Å². The molecule has 0 N–H and O–H groups in total. The number of fused-ring (bicyclic) bond motifs is 7. The monoisotopic (exact) mass is 663 g/mol. The van der Waals surface area contributed by atoms with Crippen molar-refractivity contribution in [3.8, 4) is 33.4 Å². The second-order valence-corrected chi connectivity index (χ2v) is 14.6. The van der Waals surface area contributed by atoms with Gasteiger partial charge >= 0.3 is 0 Å². The molecule has 0 aromatic heterocycles. The molecule has 0 bridgehead atoms. The standard InChI is InChI=1S/C51H37N/c1-51(2)48-19-11-10-18-45(48)46-29-25-40-31-41(24-28-44(40)50(46)51)47-32-37-14-8-9-15-38(37)33-49(47)52(42-16-4-3-5-17-42)43-26-22-35(23-27-43)39-21-20-34-12-6-7-13-36(34)30-39/h3-33H,1-2H3. The van der Waals surface area contributed by atoms with Gasteiger partial charge in [0.2, 0.25) is 0 Å². The number of hydrogen-bond donors (Lipinski definition) is 0. The first-order valence-electron chi connectivity index (χ1n) is 18.2. The van der Waals surface area contributed by atoms with E-state index in [2.05, 4.69) is 207 Å². The summed E-state index contributed by atoms with van der Waals surface area (Å²) in [5.74, 6) is 0. The number of anilines is 3. The van der Waals surface area contributed by atoms with Crippen molar-refractivity contribution >= 4 is 49.4 Å². The molecular weight excluding hydrogens is 627 g/mol. The van der Waals surface area contributed by atoms with E-state index in [0.29, 0.717) is 0 Å². The molecule has 1 nitrogen and oxygen atoms in total. The Kier molecular flexibility index (Phi) is 6.91. The molecule has 1 heteroatoms. The van der Waals surface area contributed by atoms with Crippen LogP contribution < -0.4 is 4.90 Å². The van der Waals surface area contributed by atoms with Crippen LogP contribution in [-0.4, -0.2) is 0 Å². The molecule has 0 aliphatic heterocycles. The number of para-hydroxylation sites is 1. The molecule has 0 spiro atoms. The number of hydrogen-bond acceptors (Lipinski definition) is 1. The van der Waals surface area contributed by atoms with Gasteiger partial charge in [0.15, 0.2) is 0 Å². The molecule has 10 rings (SSSR count). The highest BCUT2D eigenvalue weighted by atomic mass is 15.1. The fourth-order valence-electron chi connectivity index (χ4n) is 8.61. The minimum Gasteiger partial charge on any atom is -0.310 e. The quantitative estimate of drug-likeness (QED) is 0.177. The Morgan fingerprint density at radius 2 is 0.942 bits per heavy atom. The zero-order valence-electron chi connectivity index (χ0n) is 29.3. The first kappa shape index (κ1) is 30.4. The Morgan fingerprint density at radius 3 is 1.73 bits per heavy atom. The predicted molar refractivity (Wildman–Crippen MR) is 222 cm³/mol. The summed E-state index contributed by atoms with van der Waals surface area (Å²) >= 11 is 0. The normalized spacial score (nSPS) is 13.0. The van der Waals surface area contributed by atoms with Gasteiger partial charge in [-0.1, -0.05) is 153 Å². The fraction of sp³-hybridized carbons (Fsp3) is 0.0588. The Morgan fingerprint density at radius 1 is 0.365 bits per heavy atom. The molecular formula is C51H37N. The van der Waals surface area contributed by atoms with Crippen LogP contribution >= 0.6 is 0 Å². The van der Waals surface area contributed by atoms with Crippen molar-refractivity contribution in [3.63, 3.8) is 0 Å². The second-order valence-electron chi connectivity index (χ2n) is 14.6. The highest BCUT2D eigenvalue weighted by Crippen LogP contribution is 2.52. The van der Waals surface area contributed by atoms with Crippen LogP contribution in [0, 0.1) is 0 Å². The average Bonchev–Trinajstić information content (AvgIpc) is 3.44. The molecule has 9 aromatic carbocycles. The zero-order valence-corrected chi connectivity index (χ0v) is 29.3. The first-order valence-corrected chi connectivity index (χ1v) is 18.2. The number of nitrogens with zero attached hydrogens (tertiary/aromatic N) is 1. The van der Waals surface area contributed by atoms with Crippen LogP contribution in [-0.2, 0) is 5.41 Å². The molecule has 246 valence electrons. The predicted octanol–water partition coefficient (Wildman–Crippen LogP) is 14.3. The van der Waals surface area contributed by atoms with Gasteiger partial charge in [0.05, 0.1) is 5.69 Å². The summed E-state index contributed by atoms with van der Waals surface area (Å²) in [4.78, 5) is 2.42. The third-order valence-electron chi connectivity index (χ3n) is 11.2. The summed E-state index contributed by atoms with van der Waals surface area (Å²) in [6.07, 6.45) is 0. The molecule has 0 heterocycles. The third kappa shape index (κ3) is 4.85.